The fraction of sp³-hybridized carbons (Fsp3) is 0.400. The van der Waals surface area contributed by atoms with Gasteiger partial charge in [0.15, 0.2) is 0 Å². The molecule has 1 atom stereocenters. The lowest BCUT2D eigenvalue weighted by molar-refractivity contribution is 0.327. The van der Waals surface area contributed by atoms with Crippen molar-refractivity contribution < 1.29 is 0 Å². The molecule has 12 heavy (non-hydrogen) atoms. The predicted octanol–water partition coefficient (Wildman–Crippen LogP) is 2.40. The molecule has 1 unspecified atom stereocenters. The molecular weight excluding hydrogens is 166 g/mol. The lowest BCUT2D eigenvalue weighted by Crippen LogP contribution is -2.19. The summed E-state index contributed by atoms with van der Waals surface area (Å²) in [5, 5.41) is 0. The van der Waals surface area contributed by atoms with Crippen LogP contribution in [0, 0.1) is 0 Å². The molecule has 0 saturated heterocycles. The first-order valence-corrected chi connectivity index (χ1v) is 5.16. The van der Waals surface area contributed by atoms with Gasteiger partial charge in [0, 0.05) is 16.7 Å². The summed E-state index contributed by atoms with van der Waals surface area (Å²) in [5.74, 6) is 1.20. The van der Waals surface area contributed by atoms with Gasteiger partial charge in [-0.1, -0.05) is 18.2 Å². The second-order valence-electron chi connectivity index (χ2n) is 3.33. The number of hydrogen-bond donors (Lipinski definition) is 0. The lowest BCUT2D eigenvalue weighted by Gasteiger charge is -2.18. The van der Waals surface area contributed by atoms with Gasteiger partial charge in [-0.25, -0.2) is 0 Å². The molecule has 2 rings (SSSR count). The predicted molar refractivity (Wildman–Crippen MR) is 53.6 cm³/mol. The van der Waals surface area contributed by atoms with E-state index in [1.165, 1.54) is 16.2 Å². The van der Waals surface area contributed by atoms with E-state index in [1.807, 2.05) is 11.8 Å². The molecule has 1 aliphatic rings. The number of rotatable bonds is 1. The van der Waals surface area contributed by atoms with Crippen LogP contribution < -0.4 is 0 Å². The van der Waals surface area contributed by atoms with Crippen LogP contribution in [-0.4, -0.2) is 24.7 Å². The topological polar surface area (TPSA) is 3.24 Å². The molecule has 0 spiro atoms. The highest BCUT2D eigenvalue weighted by Crippen LogP contribution is 2.39. The van der Waals surface area contributed by atoms with Gasteiger partial charge in [-0.15, -0.1) is 11.8 Å². The summed E-state index contributed by atoms with van der Waals surface area (Å²) in [6.45, 7) is 0. The van der Waals surface area contributed by atoms with Crippen molar-refractivity contribution in [2.75, 3.05) is 19.8 Å². The third-order valence-corrected chi connectivity index (χ3v) is 3.46. The van der Waals surface area contributed by atoms with Gasteiger partial charge in [0.05, 0.1) is 0 Å². The third kappa shape index (κ3) is 1.25. The van der Waals surface area contributed by atoms with Crippen LogP contribution in [0.5, 0.6) is 0 Å². The van der Waals surface area contributed by atoms with Crippen LogP contribution in [0.3, 0.4) is 0 Å². The highest BCUT2D eigenvalue weighted by molar-refractivity contribution is 7.99. The van der Waals surface area contributed by atoms with Crippen molar-refractivity contribution >= 4 is 11.8 Å². The Bertz CT molecular complexity index is 283. The van der Waals surface area contributed by atoms with Gasteiger partial charge in [-0.2, -0.15) is 0 Å². The van der Waals surface area contributed by atoms with Crippen molar-refractivity contribution in [1.29, 1.82) is 0 Å². The molecule has 1 heterocycles. The highest BCUT2D eigenvalue weighted by Gasteiger charge is 2.23. The van der Waals surface area contributed by atoms with Crippen LogP contribution in [-0.2, 0) is 0 Å². The molecule has 64 valence electrons. The van der Waals surface area contributed by atoms with Crippen molar-refractivity contribution in [2.24, 2.45) is 0 Å². The Kier molecular flexibility index (Phi) is 2.11. The summed E-state index contributed by atoms with van der Waals surface area (Å²) < 4.78 is 0. The van der Waals surface area contributed by atoms with Crippen LogP contribution in [0.4, 0.5) is 0 Å². The Hall–Kier alpha value is -0.470. The maximum Gasteiger partial charge on any atom is 0.0447 e. The summed E-state index contributed by atoms with van der Waals surface area (Å²) in [4.78, 5) is 3.75. The monoisotopic (exact) mass is 179 g/mol. The fourth-order valence-electron chi connectivity index (χ4n) is 1.57. The molecule has 1 aliphatic heterocycles. The molecule has 2 heteroatoms. The van der Waals surface area contributed by atoms with E-state index in [1.54, 1.807) is 0 Å². The lowest BCUT2D eigenvalue weighted by atomic mass is 10.1. The molecule has 0 radical (unpaired) electrons. The molecule has 1 aromatic rings. The van der Waals surface area contributed by atoms with Gasteiger partial charge in [0.25, 0.3) is 0 Å². The van der Waals surface area contributed by atoms with E-state index >= 15 is 0 Å². The van der Waals surface area contributed by atoms with Crippen LogP contribution in [0.2, 0.25) is 0 Å². The molecule has 0 saturated carbocycles. The minimum absolute atomic E-state index is 0.617. The number of hydrogen-bond acceptors (Lipinski definition) is 2. The van der Waals surface area contributed by atoms with Gasteiger partial charge in [-0.05, 0) is 25.7 Å². The van der Waals surface area contributed by atoms with Crippen LogP contribution >= 0.6 is 11.8 Å². The van der Waals surface area contributed by atoms with Crippen molar-refractivity contribution in [3.05, 3.63) is 29.8 Å². The zero-order chi connectivity index (χ0) is 8.55. The van der Waals surface area contributed by atoms with Gasteiger partial charge >= 0.3 is 0 Å². The quantitative estimate of drug-likeness (QED) is 0.651. The van der Waals surface area contributed by atoms with E-state index in [-0.39, 0.29) is 0 Å². The Morgan fingerprint density at radius 1 is 1.33 bits per heavy atom. The Morgan fingerprint density at radius 2 is 2.08 bits per heavy atom. The van der Waals surface area contributed by atoms with E-state index in [9.17, 15) is 0 Å². The molecule has 0 aromatic heterocycles. The standard InChI is InChI=1S/C10H13NS/c1-11(2)9-7-12-10-6-4-3-5-8(9)10/h3-6,9H,7H2,1-2H3. The Morgan fingerprint density at radius 3 is 2.83 bits per heavy atom. The number of thioether (sulfide) groups is 1. The summed E-state index contributed by atoms with van der Waals surface area (Å²) in [6.07, 6.45) is 0. The molecule has 0 amide bonds. The second-order valence-corrected chi connectivity index (χ2v) is 4.39. The summed E-state index contributed by atoms with van der Waals surface area (Å²) >= 11 is 1.96. The van der Waals surface area contributed by atoms with Crippen molar-refractivity contribution in [1.82, 2.24) is 4.90 Å². The van der Waals surface area contributed by atoms with Crippen molar-refractivity contribution in [3.63, 3.8) is 0 Å². The minimum atomic E-state index is 0.617. The first kappa shape index (κ1) is 8.14. The van der Waals surface area contributed by atoms with Crippen LogP contribution in [0.15, 0.2) is 29.2 Å². The number of benzene rings is 1. The summed E-state index contributed by atoms with van der Waals surface area (Å²) in [7, 11) is 4.29. The van der Waals surface area contributed by atoms with Crippen LogP contribution in [0.1, 0.15) is 11.6 Å². The largest absolute Gasteiger partial charge is 0.302 e. The van der Waals surface area contributed by atoms with E-state index in [4.69, 9.17) is 0 Å². The second kappa shape index (κ2) is 3.11. The minimum Gasteiger partial charge on any atom is -0.302 e. The molecule has 0 fully saturated rings. The smallest absolute Gasteiger partial charge is 0.0447 e. The first-order chi connectivity index (χ1) is 5.79. The normalized spacial score (nSPS) is 21.4. The Labute approximate surface area is 77.8 Å². The van der Waals surface area contributed by atoms with Gasteiger partial charge in [-0.3, -0.25) is 0 Å². The maximum atomic E-state index is 2.29. The number of fused-ring (bicyclic) bond motifs is 1. The molecular formula is C10H13NS. The average molecular weight is 179 g/mol. The van der Waals surface area contributed by atoms with E-state index in [2.05, 4.69) is 43.3 Å². The molecule has 1 nitrogen and oxygen atoms in total. The Balaban J connectivity index is 2.36. The SMILES string of the molecule is CN(C)C1CSc2ccccc21. The van der Waals surface area contributed by atoms with Crippen molar-refractivity contribution in [2.45, 2.75) is 10.9 Å². The third-order valence-electron chi connectivity index (χ3n) is 2.30. The van der Waals surface area contributed by atoms with E-state index < -0.39 is 0 Å². The summed E-state index contributed by atoms with van der Waals surface area (Å²) in [5.41, 5.74) is 1.49. The summed E-state index contributed by atoms with van der Waals surface area (Å²) in [6, 6.07) is 9.31. The molecule has 0 bridgehead atoms. The maximum absolute atomic E-state index is 2.29. The molecule has 0 N–H and O–H groups in total. The average Bonchev–Trinajstić information content (AvgIpc) is 2.47. The van der Waals surface area contributed by atoms with Gasteiger partial charge in [0.1, 0.15) is 0 Å². The van der Waals surface area contributed by atoms with Gasteiger partial charge in [0.2, 0.25) is 0 Å². The van der Waals surface area contributed by atoms with E-state index in [0.29, 0.717) is 6.04 Å². The van der Waals surface area contributed by atoms with Crippen LogP contribution in [0.25, 0.3) is 0 Å². The zero-order valence-corrected chi connectivity index (χ0v) is 8.27. The fourth-order valence-corrected chi connectivity index (χ4v) is 2.93. The van der Waals surface area contributed by atoms with E-state index in [0.717, 1.165) is 0 Å². The highest BCUT2D eigenvalue weighted by atomic mass is 32.2. The number of nitrogens with zero attached hydrogens (tertiary/aromatic N) is 1. The van der Waals surface area contributed by atoms with Crippen molar-refractivity contribution in [3.8, 4) is 0 Å². The van der Waals surface area contributed by atoms with Gasteiger partial charge < -0.3 is 4.90 Å². The molecule has 0 aliphatic carbocycles. The first-order valence-electron chi connectivity index (χ1n) is 4.17. The zero-order valence-electron chi connectivity index (χ0n) is 7.45. The molecule has 1 aromatic carbocycles.